The summed E-state index contributed by atoms with van der Waals surface area (Å²) >= 11 is 0. The van der Waals surface area contributed by atoms with Gasteiger partial charge in [0.25, 0.3) is 0 Å². The molecule has 0 bridgehead atoms. The molecule has 0 spiro atoms. The van der Waals surface area contributed by atoms with E-state index in [-0.39, 0.29) is 0 Å². The van der Waals surface area contributed by atoms with Gasteiger partial charge in [-0.25, -0.2) is 4.99 Å². The molecule has 0 aromatic heterocycles. The van der Waals surface area contributed by atoms with E-state index in [1.807, 2.05) is 13.1 Å². The van der Waals surface area contributed by atoms with Crippen LogP contribution in [0.15, 0.2) is 35.5 Å². The summed E-state index contributed by atoms with van der Waals surface area (Å²) in [4.78, 5) is 4.39. The van der Waals surface area contributed by atoms with Crippen LogP contribution in [0.25, 0.3) is 5.70 Å². The molecule has 1 aliphatic heterocycles. The zero-order chi connectivity index (χ0) is 9.97. The summed E-state index contributed by atoms with van der Waals surface area (Å²) in [6, 6.07) is 8.32. The third-order valence-corrected chi connectivity index (χ3v) is 2.10. The van der Waals surface area contributed by atoms with Crippen molar-refractivity contribution < 1.29 is 0 Å². The van der Waals surface area contributed by atoms with E-state index < -0.39 is 0 Å². The first-order valence-corrected chi connectivity index (χ1v) is 4.60. The predicted molar refractivity (Wildman–Crippen MR) is 58.5 cm³/mol. The van der Waals surface area contributed by atoms with E-state index in [0.29, 0.717) is 0 Å². The average molecular weight is 187 g/mol. The lowest BCUT2D eigenvalue weighted by molar-refractivity contribution is 0.802. The molecule has 0 unspecified atom stereocenters. The van der Waals surface area contributed by atoms with Gasteiger partial charge in [-0.3, -0.25) is 5.43 Å². The highest BCUT2D eigenvalue weighted by atomic mass is 15.4. The van der Waals surface area contributed by atoms with Crippen LogP contribution in [0, 0.1) is 6.92 Å². The highest BCUT2D eigenvalue weighted by Crippen LogP contribution is 2.16. The molecule has 1 aromatic carbocycles. The second kappa shape index (κ2) is 3.54. The van der Waals surface area contributed by atoms with Crippen molar-refractivity contribution in [3.05, 3.63) is 41.6 Å². The predicted octanol–water partition coefficient (Wildman–Crippen LogP) is 1.82. The average Bonchev–Trinajstić information content (AvgIpc) is 2.19. The molecule has 0 radical (unpaired) electrons. The molecule has 1 aromatic rings. The number of benzene rings is 1. The van der Waals surface area contributed by atoms with Crippen LogP contribution >= 0.6 is 0 Å². The Bertz CT molecular complexity index is 387. The van der Waals surface area contributed by atoms with Crippen molar-refractivity contribution >= 4 is 11.5 Å². The molecular formula is C11H13N3. The van der Waals surface area contributed by atoms with Crippen molar-refractivity contribution in [2.75, 3.05) is 0 Å². The van der Waals surface area contributed by atoms with Crippen LogP contribution in [-0.2, 0) is 0 Å². The van der Waals surface area contributed by atoms with Gasteiger partial charge < -0.3 is 5.43 Å². The molecule has 0 atom stereocenters. The molecule has 1 aliphatic rings. The molecule has 0 amide bonds. The van der Waals surface area contributed by atoms with Crippen LogP contribution in [0.3, 0.4) is 0 Å². The summed E-state index contributed by atoms with van der Waals surface area (Å²) in [5, 5.41) is 0. The van der Waals surface area contributed by atoms with Crippen molar-refractivity contribution in [3.8, 4) is 0 Å². The zero-order valence-corrected chi connectivity index (χ0v) is 8.33. The Kier molecular flexibility index (Phi) is 2.23. The third kappa shape index (κ3) is 1.76. The van der Waals surface area contributed by atoms with Gasteiger partial charge >= 0.3 is 0 Å². The minimum atomic E-state index is 0.878. The van der Waals surface area contributed by atoms with E-state index in [1.165, 1.54) is 5.56 Å². The molecule has 3 nitrogen and oxygen atoms in total. The van der Waals surface area contributed by atoms with Gasteiger partial charge in [0, 0.05) is 11.8 Å². The van der Waals surface area contributed by atoms with Gasteiger partial charge in [0.2, 0.25) is 0 Å². The molecule has 14 heavy (non-hydrogen) atoms. The topological polar surface area (TPSA) is 36.4 Å². The maximum atomic E-state index is 4.39. The molecule has 1 heterocycles. The van der Waals surface area contributed by atoms with Crippen molar-refractivity contribution in [1.82, 2.24) is 10.9 Å². The molecule has 0 aliphatic carbocycles. The largest absolute Gasteiger partial charge is 0.305 e. The molecule has 3 heteroatoms. The number of amidine groups is 1. The lowest BCUT2D eigenvalue weighted by Gasteiger charge is -2.13. The number of nitrogens with one attached hydrogen (secondary N) is 2. The first kappa shape index (κ1) is 8.81. The van der Waals surface area contributed by atoms with Crippen molar-refractivity contribution in [2.45, 2.75) is 13.8 Å². The molecule has 0 saturated heterocycles. The fourth-order valence-corrected chi connectivity index (χ4v) is 1.32. The third-order valence-electron chi connectivity index (χ3n) is 2.10. The summed E-state index contributed by atoms with van der Waals surface area (Å²) in [5.74, 6) is 0.878. The maximum Gasteiger partial charge on any atom is 0.118 e. The number of aliphatic imine (C=N–C) groups is 1. The molecular weight excluding hydrogens is 174 g/mol. The fourth-order valence-electron chi connectivity index (χ4n) is 1.32. The number of rotatable bonds is 1. The van der Waals surface area contributed by atoms with E-state index in [0.717, 1.165) is 17.1 Å². The van der Waals surface area contributed by atoms with Crippen LogP contribution < -0.4 is 10.9 Å². The number of aryl methyl sites for hydroxylation is 1. The molecule has 0 saturated carbocycles. The van der Waals surface area contributed by atoms with Crippen LogP contribution in [0.1, 0.15) is 18.1 Å². The second-order valence-electron chi connectivity index (χ2n) is 3.36. The summed E-state index contributed by atoms with van der Waals surface area (Å²) in [5.41, 5.74) is 9.22. The Hall–Kier alpha value is -1.77. The Labute approximate surface area is 83.5 Å². The van der Waals surface area contributed by atoms with Gasteiger partial charge in [-0.1, -0.05) is 29.8 Å². The van der Waals surface area contributed by atoms with E-state index >= 15 is 0 Å². The minimum absolute atomic E-state index is 0.878. The number of nitrogens with zero attached hydrogens (tertiary/aromatic N) is 1. The zero-order valence-electron chi connectivity index (χ0n) is 8.33. The molecule has 0 fully saturated rings. The van der Waals surface area contributed by atoms with E-state index in [1.54, 1.807) is 0 Å². The summed E-state index contributed by atoms with van der Waals surface area (Å²) in [7, 11) is 0. The highest BCUT2D eigenvalue weighted by molar-refractivity contribution is 5.87. The lowest BCUT2D eigenvalue weighted by Crippen LogP contribution is -2.34. The van der Waals surface area contributed by atoms with Gasteiger partial charge in [-0.2, -0.15) is 0 Å². The van der Waals surface area contributed by atoms with E-state index in [9.17, 15) is 0 Å². The quantitative estimate of drug-likeness (QED) is 0.703. The molecule has 2 N–H and O–H groups in total. The highest BCUT2D eigenvalue weighted by Gasteiger charge is 2.03. The van der Waals surface area contributed by atoms with Gasteiger partial charge in [-0.05, 0) is 13.8 Å². The molecule has 72 valence electrons. The standard InChI is InChI=1S/C11H13N3/c1-8-3-5-10(6-4-8)11-7-12-14-9(2)13-11/h3-7,12H,1-2H3,(H,13,14). The van der Waals surface area contributed by atoms with Gasteiger partial charge in [0.1, 0.15) is 5.84 Å². The first-order valence-electron chi connectivity index (χ1n) is 4.60. The van der Waals surface area contributed by atoms with Crippen LogP contribution in [0.5, 0.6) is 0 Å². The van der Waals surface area contributed by atoms with Crippen molar-refractivity contribution in [1.29, 1.82) is 0 Å². The second-order valence-corrected chi connectivity index (χ2v) is 3.36. The van der Waals surface area contributed by atoms with E-state index in [2.05, 4.69) is 47.0 Å². The van der Waals surface area contributed by atoms with Crippen LogP contribution in [0.4, 0.5) is 0 Å². The molecule has 2 rings (SSSR count). The smallest absolute Gasteiger partial charge is 0.118 e. The van der Waals surface area contributed by atoms with Crippen LogP contribution in [-0.4, -0.2) is 5.84 Å². The summed E-state index contributed by atoms with van der Waals surface area (Å²) in [6.07, 6.45) is 1.86. The van der Waals surface area contributed by atoms with Gasteiger partial charge in [0.15, 0.2) is 0 Å². The SMILES string of the molecule is CC1=NC(c2ccc(C)cc2)=CNN1. The minimum Gasteiger partial charge on any atom is -0.305 e. The van der Waals surface area contributed by atoms with E-state index in [4.69, 9.17) is 0 Å². The number of hydrogen-bond acceptors (Lipinski definition) is 3. The Morgan fingerprint density at radius 3 is 2.43 bits per heavy atom. The Balaban J connectivity index is 2.32. The Morgan fingerprint density at radius 2 is 1.79 bits per heavy atom. The number of hydrazine groups is 1. The van der Waals surface area contributed by atoms with Crippen molar-refractivity contribution in [3.63, 3.8) is 0 Å². The summed E-state index contributed by atoms with van der Waals surface area (Å²) in [6.45, 7) is 4.00. The van der Waals surface area contributed by atoms with Crippen molar-refractivity contribution in [2.24, 2.45) is 4.99 Å². The lowest BCUT2D eigenvalue weighted by atomic mass is 10.1. The monoisotopic (exact) mass is 187 g/mol. The number of hydrogen-bond donors (Lipinski definition) is 2. The van der Waals surface area contributed by atoms with Gasteiger partial charge in [0.05, 0.1) is 5.70 Å². The first-order chi connectivity index (χ1) is 6.75. The van der Waals surface area contributed by atoms with Crippen LogP contribution in [0.2, 0.25) is 0 Å². The normalized spacial score (nSPS) is 15.0. The van der Waals surface area contributed by atoms with Gasteiger partial charge in [-0.15, -0.1) is 0 Å². The summed E-state index contributed by atoms with van der Waals surface area (Å²) < 4.78 is 0. The Morgan fingerprint density at radius 1 is 1.07 bits per heavy atom. The fraction of sp³-hybridized carbons (Fsp3) is 0.182. The maximum absolute atomic E-state index is 4.39.